The van der Waals surface area contributed by atoms with Crippen molar-refractivity contribution in [3.05, 3.63) is 57.0 Å². The molecule has 0 bridgehead atoms. The van der Waals surface area contributed by atoms with Crippen LogP contribution in [0.4, 0.5) is 4.39 Å². The van der Waals surface area contributed by atoms with E-state index in [-0.39, 0.29) is 29.8 Å². The number of hydrogen-bond acceptors (Lipinski definition) is 4. The van der Waals surface area contributed by atoms with Gasteiger partial charge in [-0.1, -0.05) is 55.1 Å². The molecule has 3 rings (SSSR count). The standard InChI is InChI=1S/C20H24ClFN2O3/c21-19-18(12-23-24(20(19)25)17-4-2-1-3-5-17)27-14-16-8-6-15(7-9-16)13-26-11-10-22/h6-9,12,17H,1-5,10-11,13-14H2. The van der Waals surface area contributed by atoms with E-state index in [0.29, 0.717) is 12.4 Å². The molecule has 1 fully saturated rings. The van der Waals surface area contributed by atoms with Crippen LogP contribution < -0.4 is 10.3 Å². The number of aromatic nitrogens is 2. The number of rotatable bonds is 8. The molecular weight excluding hydrogens is 371 g/mol. The molecule has 1 saturated carbocycles. The van der Waals surface area contributed by atoms with Crippen molar-refractivity contribution < 1.29 is 13.9 Å². The van der Waals surface area contributed by atoms with Gasteiger partial charge in [0.2, 0.25) is 0 Å². The van der Waals surface area contributed by atoms with Crippen LogP contribution in [0.3, 0.4) is 0 Å². The number of alkyl halides is 1. The Kier molecular flexibility index (Phi) is 7.24. The number of nitrogens with zero attached hydrogens (tertiary/aromatic N) is 2. The first-order valence-electron chi connectivity index (χ1n) is 9.30. The van der Waals surface area contributed by atoms with Crippen LogP contribution in [-0.4, -0.2) is 23.1 Å². The summed E-state index contributed by atoms with van der Waals surface area (Å²) in [6.45, 7) is 0.267. The molecular formula is C20H24ClFN2O3. The van der Waals surface area contributed by atoms with Crippen LogP contribution in [0.15, 0.2) is 35.3 Å². The van der Waals surface area contributed by atoms with Gasteiger partial charge in [-0.25, -0.2) is 9.07 Å². The smallest absolute Gasteiger partial charge is 0.289 e. The minimum absolute atomic E-state index is 0.0758. The predicted octanol–water partition coefficient (Wildman–Crippen LogP) is 4.47. The van der Waals surface area contributed by atoms with Gasteiger partial charge in [-0.3, -0.25) is 4.79 Å². The first-order valence-corrected chi connectivity index (χ1v) is 9.68. The lowest BCUT2D eigenvalue weighted by atomic mass is 9.96. The monoisotopic (exact) mass is 394 g/mol. The van der Waals surface area contributed by atoms with E-state index in [2.05, 4.69) is 5.10 Å². The summed E-state index contributed by atoms with van der Waals surface area (Å²) in [6.07, 6.45) is 6.89. The quantitative estimate of drug-likeness (QED) is 0.620. The van der Waals surface area contributed by atoms with Gasteiger partial charge < -0.3 is 9.47 Å². The van der Waals surface area contributed by atoms with Crippen molar-refractivity contribution in [3.63, 3.8) is 0 Å². The van der Waals surface area contributed by atoms with E-state index < -0.39 is 6.67 Å². The first-order chi connectivity index (χ1) is 13.2. The SMILES string of the molecule is O=c1c(Cl)c(OCc2ccc(COCCF)cc2)cnn1C1CCCCC1. The van der Waals surface area contributed by atoms with Crippen molar-refractivity contribution in [2.24, 2.45) is 0 Å². The van der Waals surface area contributed by atoms with Crippen molar-refractivity contribution in [2.45, 2.75) is 51.4 Å². The Hall–Kier alpha value is -1.92. The minimum Gasteiger partial charge on any atom is -0.485 e. The summed E-state index contributed by atoms with van der Waals surface area (Å²) in [7, 11) is 0. The number of ether oxygens (including phenoxy) is 2. The Balaban J connectivity index is 1.60. The van der Waals surface area contributed by atoms with Crippen LogP contribution >= 0.6 is 11.6 Å². The molecule has 5 nitrogen and oxygen atoms in total. The van der Waals surface area contributed by atoms with Crippen molar-refractivity contribution in [1.29, 1.82) is 0 Å². The van der Waals surface area contributed by atoms with Crippen molar-refractivity contribution in [2.75, 3.05) is 13.3 Å². The maximum Gasteiger partial charge on any atom is 0.289 e. The minimum atomic E-state index is -0.486. The van der Waals surface area contributed by atoms with E-state index in [1.54, 1.807) is 0 Å². The van der Waals surface area contributed by atoms with E-state index in [1.807, 2.05) is 24.3 Å². The predicted molar refractivity (Wildman–Crippen MR) is 102 cm³/mol. The molecule has 0 saturated heterocycles. The zero-order valence-corrected chi connectivity index (χ0v) is 16.0. The summed E-state index contributed by atoms with van der Waals surface area (Å²) >= 11 is 6.23. The fourth-order valence-corrected chi connectivity index (χ4v) is 3.44. The molecule has 0 N–H and O–H groups in total. The van der Waals surface area contributed by atoms with Gasteiger partial charge in [0, 0.05) is 0 Å². The number of halogens is 2. The highest BCUT2D eigenvalue weighted by atomic mass is 35.5. The van der Waals surface area contributed by atoms with Gasteiger partial charge in [0.1, 0.15) is 13.3 Å². The van der Waals surface area contributed by atoms with Crippen LogP contribution in [0, 0.1) is 0 Å². The second-order valence-electron chi connectivity index (χ2n) is 6.71. The van der Waals surface area contributed by atoms with Gasteiger partial charge in [0.15, 0.2) is 10.8 Å². The normalized spacial score (nSPS) is 15.0. The van der Waals surface area contributed by atoms with Crippen LogP contribution in [-0.2, 0) is 18.0 Å². The lowest BCUT2D eigenvalue weighted by molar-refractivity contribution is 0.106. The van der Waals surface area contributed by atoms with Gasteiger partial charge in [0.05, 0.1) is 25.5 Å². The largest absolute Gasteiger partial charge is 0.485 e. The molecule has 2 aromatic rings. The lowest BCUT2D eigenvalue weighted by Crippen LogP contribution is -2.29. The second-order valence-corrected chi connectivity index (χ2v) is 7.09. The van der Waals surface area contributed by atoms with Crippen molar-refractivity contribution in [1.82, 2.24) is 9.78 Å². The third-order valence-corrected chi connectivity index (χ3v) is 5.09. The van der Waals surface area contributed by atoms with E-state index >= 15 is 0 Å². The zero-order valence-electron chi connectivity index (χ0n) is 15.2. The average molecular weight is 395 g/mol. The molecule has 0 amide bonds. The summed E-state index contributed by atoms with van der Waals surface area (Å²) in [5, 5.41) is 4.35. The Morgan fingerprint density at radius 2 is 1.78 bits per heavy atom. The molecule has 0 aliphatic heterocycles. The molecule has 0 unspecified atom stereocenters. The van der Waals surface area contributed by atoms with Gasteiger partial charge in [-0.2, -0.15) is 5.10 Å². The van der Waals surface area contributed by atoms with Crippen LogP contribution in [0.5, 0.6) is 5.75 Å². The maximum absolute atomic E-state index is 12.5. The highest BCUT2D eigenvalue weighted by molar-refractivity contribution is 6.31. The average Bonchev–Trinajstić information content (AvgIpc) is 2.71. The lowest BCUT2D eigenvalue weighted by Gasteiger charge is -2.23. The Morgan fingerprint density at radius 1 is 1.11 bits per heavy atom. The third-order valence-electron chi connectivity index (χ3n) is 4.74. The topological polar surface area (TPSA) is 53.4 Å². The molecule has 1 aliphatic rings. The van der Waals surface area contributed by atoms with E-state index in [4.69, 9.17) is 21.1 Å². The third kappa shape index (κ3) is 5.30. The van der Waals surface area contributed by atoms with Crippen molar-refractivity contribution in [3.8, 4) is 5.75 Å². The van der Waals surface area contributed by atoms with Crippen molar-refractivity contribution >= 4 is 11.6 Å². The maximum atomic E-state index is 12.5. The summed E-state index contributed by atoms with van der Waals surface area (Å²) in [5.74, 6) is 0.295. The summed E-state index contributed by atoms with van der Waals surface area (Å²) < 4.78 is 24.4. The second kappa shape index (κ2) is 9.85. The highest BCUT2D eigenvalue weighted by Gasteiger charge is 2.20. The van der Waals surface area contributed by atoms with E-state index in [1.165, 1.54) is 17.3 Å². The van der Waals surface area contributed by atoms with Gasteiger partial charge >= 0.3 is 0 Å². The van der Waals surface area contributed by atoms with Gasteiger partial charge in [-0.05, 0) is 24.0 Å². The molecule has 1 aliphatic carbocycles. The molecule has 0 spiro atoms. The van der Waals surface area contributed by atoms with E-state index in [9.17, 15) is 9.18 Å². The molecule has 1 heterocycles. The Bertz CT molecular complexity index is 789. The summed E-state index contributed by atoms with van der Waals surface area (Å²) in [6, 6.07) is 7.73. The summed E-state index contributed by atoms with van der Waals surface area (Å²) in [5.41, 5.74) is 1.60. The van der Waals surface area contributed by atoms with Crippen LogP contribution in [0.1, 0.15) is 49.3 Å². The van der Waals surface area contributed by atoms with E-state index in [0.717, 1.165) is 36.8 Å². The van der Waals surface area contributed by atoms with Gasteiger partial charge in [-0.15, -0.1) is 0 Å². The van der Waals surface area contributed by atoms with Gasteiger partial charge in [0.25, 0.3) is 5.56 Å². The molecule has 1 aromatic carbocycles. The molecule has 146 valence electrons. The fourth-order valence-electron chi connectivity index (χ4n) is 3.25. The Labute approximate surface area is 163 Å². The molecule has 27 heavy (non-hydrogen) atoms. The van der Waals surface area contributed by atoms with Crippen LogP contribution in [0.25, 0.3) is 0 Å². The Morgan fingerprint density at radius 3 is 2.44 bits per heavy atom. The molecule has 7 heteroatoms. The molecule has 1 aromatic heterocycles. The molecule has 0 radical (unpaired) electrons. The fraction of sp³-hybridized carbons (Fsp3) is 0.500. The van der Waals surface area contributed by atoms with Crippen LogP contribution in [0.2, 0.25) is 5.02 Å². The zero-order chi connectivity index (χ0) is 19.1. The number of benzene rings is 1. The number of hydrogen-bond donors (Lipinski definition) is 0. The molecule has 0 atom stereocenters. The highest BCUT2D eigenvalue weighted by Crippen LogP contribution is 2.28. The summed E-state index contributed by atoms with van der Waals surface area (Å²) in [4.78, 5) is 12.5. The first kappa shape index (κ1) is 19.8.